The Bertz CT molecular complexity index is 390. The summed E-state index contributed by atoms with van der Waals surface area (Å²) in [6.07, 6.45) is -1.58. The van der Waals surface area contributed by atoms with Crippen LogP contribution in [-0.2, 0) is 4.79 Å². The molecule has 2 N–H and O–H groups in total. The lowest BCUT2D eigenvalue weighted by Crippen LogP contribution is -2.23. The van der Waals surface area contributed by atoms with E-state index < -0.39 is 18.2 Å². The van der Waals surface area contributed by atoms with Gasteiger partial charge in [-0.1, -0.05) is 17.7 Å². The summed E-state index contributed by atoms with van der Waals surface area (Å²) in [6.45, 7) is 3.04. The zero-order chi connectivity index (χ0) is 12.3. The van der Waals surface area contributed by atoms with E-state index in [1.807, 2.05) is 0 Å². The number of benzene rings is 1. The number of ether oxygens (including phenoxy) is 1. The molecule has 0 bridgehead atoms. The minimum Gasteiger partial charge on any atom is -0.479 e. The third kappa shape index (κ3) is 3.12. The lowest BCUT2D eigenvalue weighted by Gasteiger charge is -2.13. The molecule has 2 unspecified atom stereocenters. The number of rotatable bonds is 4. The quantitative estimate of drug-likeness (QED) is 0.853. The van der Waals surface area contributed by atoms with Crippen molar-refractivity contribution >= 4 is 17.6 Å². The van der Waals surface area contributed by atoms with Crippen LogP contribution in [0.2, 0.25) is 5.02 Å². The molecule has 0 heterocycles. The third-order valence-corrected chi connectivity index (χ3v) is 2.39. The Kier molecular flexibility index (Phi) is 4.15. The summed E-state index contributed by atoms with van der Waals surface area (Å²) >= 11 is 5.89. The average Bonchev–Trinajstić information content (AvgIpc) is 2.20. The van der Waals surface area contributed by atoms with Crippen molar-refractivity contribution in [2.45, 2.75) is 26.1 Å². The lowest BCUT2D eigenvalue weighted by molar-refractivity contribution is -0.144. The average molecular weight is 245 g/mol. The van der Waals surface area contributed by atoms with Gasteiger partial charge >= 0.3 is 5.97 Å². The summed E-state index contributed by atoms with van der Waals surface area (Å²) in [6, 6.07) is 4.74. The molecule has 0 fully saturated rings. The van der Waals surface area contributed by atoms with E-state index >= 15 is 0 Å². The number of hydrogen-bond acceptors (Lipinski definition) is 3. The van der Waals surface area contributed by atoms with E-state index in [-0.39, 0.29) is 5.02 Å². The van der Waals surface area contributed by atoms with E-state index in [0.717, 1.165) is 0 Å². The summed E-state index contributed by atoms with van der Waals surface area (Å²) in [4.78, 5) is 10.6. The molecule has 4 nitrogen and oxygen atoms in total. The number of halogens is 1. The zero-order valence-electron chi connectivity index (χ0n) is 8.98. The molecule has 0 amide bonds. The molecule has 0 aromatic heterocycles. The monoisotopic (exact) mass is 244 g/mol. The second kappa shape index (κ2) is 5.18. The highest BCUT2D eigenvalue weighted by molar-refractivity contribution is 6.32. The van der Waals surface area contributed by atoms with Crippen molar-refractivity contribution < 1.29 is 19.7 Å². The van der Waals surface area contributed by atoms with Crippen molar-refractivity contribution in [2.24, 2.45) is 0 Å². The highest BCUT2D eigenvalue weighted by Crippen LogP contribution is 2.28. The van der Waals surface area contributed by atoms with Crippen LogP contribution in [0.4, 0.5) is 0 Å². The number of carboxylic acids is 1. The largest absolute Gasteiger partial charge is 0.479 e. The molecule has 0 radical (unpaired) electrons. The molecule has 88 valence electrons. The Morgan fingerprint density at radius 1 is 1.44 bits per heavy atom. The van der Waals surface area contributed by atoms with Crippen LogP contribution in [0.25, 0.3) is 0 Å². The maximum absolute atomic E-state index is 10.6. The van der Waals surface area contributed by atoms with Gasteiger partial charge in [-0.15, -0.1) is 0 Å². The van der Waals surface area contributed by atoms with E-state index in [4.69, 9.17) is 21.4 Å². The van der Waals surface area contributed by atoms with Crippen LogP contribution in [0.5, 0.6) is 5.75 Å². The van der Waals surface area contributed by atoms with Gasteiger partial charge in [-0.3, -0.25) is 0 Å². The molecule has 0 aliphatic carbocycles. The van der Waals surface area contributed by atoms with Gasteiger partial charge in [0.25, 0.3) is 0 Å². The first-order chi connectivity index (χ1) is 7.41. The second-order valence-electron chi connectivity index (χ2n) is 3.46. The molecule has 1 aromatic rings. The van der Waals surface area contributed by atoms with E-state index in [1.54, 1.807) is 25.1 Å². The molecule has 0 aliphatic heterocycles. The predicted octanol–water partition coefficient (Wildman–Crippen LogP) is 2.25. The summed E-state index contributed by atoms with van der Waals surface area (Å²) < 4.78 is 5.13. The molecule has 0 aliphatic rings. The van der Waals surface area contributed by atoms with E-state index in [9.17, 15) is 9.90 Å². The number of carboxylic acid groups (broad SMARTS) is 1. The van der Waals surface area contributed by atoms with Crippen LogP contribution in [0.15, 0.2) is 18.2 Å². The summed E-state index contributed by atoms with van der Waals surface area (Å²) in [5.41, 5.74) is 0.653. The number of hydrogen-bond donors (Lipinski definition) is 2. The van der Waals surface area contributed by atoms with Gasteiger partial charge in [0.1, 0.15) is 5.75 Å². The zero-order valence-corrected chi connectivity index (χ0v) is 9.73. The smallest absolute Gasteiger partial charge is 0.344 e. The fourth-order valence-electron chi connectivity index (χ4n) is 1.11. The van der Waals surface area contributed by atoms with Crippen molar-refractivity contribution in [3.8, 4) is 5.75 Å². The summed E-state index contributed by atoms with van der Waals surface area (Å²) in [7, 11) is 0. The Morgan fingerprint density at radius 2 is 2.06 bits per heavy atom. The normalized spacial score (nSPS) is 14.2. The van der Waals surface area contributed by atoms with E-state index in [0.29, 0.717) is 11.3 Å². The van der Waals surface area contributed by atoms with Crippen molar-refractivity contribution in [3.63, 3.8) is 0 Å². The standard InChI is InChI=1S/C11H13ClO4/c1-6(13)8-3-4-10(9(12)5-8)16-7(2)11(14)15/h3-7,13H,1-2H3,(H,14,15). The van der Waals surface area contributed by atoms with Crippen molar-refractivity contribution in [1.82, 2.24) is 0 Å². The molecular weight excluding hydrogens is 232 g/mol. The molecule has 0 saturated carbocycles. The molecule has 1 aromatic carbocycles. The second-order valence-corrected chi connectivity index (χ2v) is 3.87. The van der Waals surface area contributed by atoms with Crippen LogP contribution < -0.4 is 4.74 Å². The van der Waals surface area contributed by atoms with Crippen LogP contribution in [0.1, 0.15) is 25.5 Å². The Labute approximate surface area is 98.4 Å². The van der Waals surface area contributed by atoms with Gasteiger partial charge in [0, 0.05) is 0 Å². The fourth-order valence-corrected chi connectivity index (χ4v) is 1.35. The first-order valence-corrected chi connectivity index (χ1v) is 5.16. The van der Waals surface area contributed by atoms with Crippen molar-refractivity contribution in [1.29, 1.82) is 0 Å². The Balaban J connectivity index is 2.87. The van der Waals surface area contributed by atoms with Crippen LogP contribution in [0.3, 0.4) is 0 Å². The maximum Gasteiger partial charge on any atom is 0.344 e. The molecule has 2 atom stereocenters. The fraction of sp³-hybridized carbons (Fsp3) is 0.364. The first kappa shape index (κ1) is 12.8. The highest BCUT2D eigenvalue weighted by Gasteiger charge is 2.15. The van der Waals surface area contributed by atoms with Crippen LogP contribution in [0, 0.1) is 0 Å². The van der Waals surface area contributed by atoms with E-state index in [2.05, 4.69) is 0 Å². The third-order valence-electron chi connectivity index (χ3n) is 2.09. The number of aliphatic hydroxyl groups excluding tert-OH is 1. The van der Waals surface area contributed by atoms with Gasteiger partial charge in [-0.05, 0) is 31.5 Å². The number of aliphatic carboxylic acids is 1. The van der Waals surface area contributed by atoms with Crippen LogP contribution in [-0.4, -0.2) is 22.3 Å². The van der Waals surface area contributed by atoms with Gasteiger partial charge in [0.15, 0.2) is 6.10 Å². The predicted molar refractivity (Wildman–Crippen MR) is 59.8 cm³/mol. The molecule has 0 spiro atoms. The van der Waals surface area contributed by atoms with E-state index in [1.165, 1.54) is 6.92 Å². The topological polar surface area (TPSA) is 66.8 Å². The molecule has 0 saturated heterocycles. The van der Waals surface area contributed by atoms with Gasteiger partial charge in [0.05, 0.1) is 11.1 Å². The van der Waals surface area contributed by atoms with Crippen molar-refractivity contribution in [2.75, 3.05) is 0 Å². The molecule has 1 rings (SSSR count). The molecule has 16 heavy (non-hydrogen) atoms. The number of aliphatic hydroxyl groups is 1. The lowest BCUT2D eigenvalue weighted by atomic mass is 10.1. The SMILES string of the molecule is CC(Oc1ccc(C(C)O)cc1Cl)C(=O)O. The van der Waals surface area contributed by atoms with Crippen LogP contribution >= 0.6 is 11.6 Å². The highest BCUT2D eigenvalue weighted by atomic mass is 35.5. The van der Waals surface area contributed by atoms with Crippen molar-refractivity contribution in [3.05, 3.63) is 28.8 Å². The molecule has 5 heteroatoms. The molecular formula is C11H13ClO4. The van der Waals surface area contributed by atoms with Gasteiger partial charge in [0.2, 0.25) is 0 Å². The minimum atomic E-state index is -1.06. The Hall–Kier alpha value is -1.26. The first-order valence-electron chi connectivity index (χ1n) is 4.78. The minimum absolute atomic E-state index is 0.284. The van der Waals surface area contributed by atoms with Gasteiger partial charge < -0.3 is 14.9 Å². The summed E-state index contributed by atoms with van der Waals surface area (Å²) in [5.74, 6) is -0.767. The van der Waals surface area contributed by atoms with Gasteiger partial charge in [-0.25, -0.2) is 4.79 Å². The summed E-state index contributed by atoms with van der Waals surface area (Å²) in [5, 5.41) is 18.3. The van der Waals surface area contributed by atoms with Gasteiger partial charge in [-0.2, -0.15) is 0 Å². The maximum atomic E-state index is 10.6. The Morgan fingerprint density at radius 3 is 2.50 bits per heavy atom. The number of carbonyl (C=O) groups is 1.